The van der Waals surface area contributed by atoms with Crippen molar-refractivity contribution in [3.05, 3.63) is 28.8 Å². The second-order valence-corrected chi connectivity index (χ2v) is 6.10. The maximum atomic E-state index is 6.38. The third kappa shape index (κ3) is 2.54. The quantitative estimate of drug-likeness (QED) is 0.783. The minimum atomic E-state index is 0.867. The molecule has 2 nitrogen and oxygen atoms in total. The fraction of sp³-hybridized carbons (Fsp3) is 0.571. The molecule has 18 heavy (non-hydrogen) atoms. The van der Waals surface area contributed by atoms with Gasteiger partial charge in [0, 0.05) is 37.6 Å². The van der Waals surface area contributed by atoms with Gasteiger partial charge >= 0.3 is 0 Å². The Morgan fingerprint density at radius 2 is 1.89 bits per heavy atom. The first kappa shape index (κ1) is 12.8. The standard InChI is InChI=1S/C14H18BrClN2/c15-10-11-2-1-3-13(16)14(11)18-8-6-17(7-9-18)12-4-5-12/h1-3,12H,4-10H2. The van der Waals surface area contributed by atoms with Crippen molar-refractivity contribution in [1.82, 2.24) is 4.90 Å². The number of hydrogen-bond acceptors (Lipinski definition) is 2. The summed E-state index contributed by atoms with van der Waals surface area (Å²) in [5.74, 6) is 0. The summed E-state index contributed by atoms with van der Waals surface area (Å²) >= 11 is 9.94. The summed E-state index contributed by atoms with van der Waals surface area (Å²) in [7, 11) is 0. The summed E-state index contributed by atoms with van der Waals surface area (Å²) in [5, 5.41) is 1.75. The van der Waals surface area contributed by atoms with Crippen LogP contribution in [-0.4, -0.2) is 37.1 Å². The fourth-order valence-electron chi connectivity index (χ4n) is 2.77. The van der Waals surface area contributed by atoms with E-state index in [1.165, 1.54) is 37.2 Å². The van der Waals surface area contributed by atoms with Crippen LogP contribution in [0.4, 0.5) is 5.69 Å². The molecular formula is C14H18BrClN2. The van der Waals surface area contributed by atoms with Crippen LogP contribution in [0, 0.1) is 0 Å². The van der Waals surface area contributed by atoms with Crippen molar-refractivity contribution in [3.63, 3.8) is 0 Å². The van der Waals surface area contributed by atoms with E-state index in [1.807, 2.05) is 12.1 Å². The van der Waals surface area contributed by atoms with E-state index < -0.39 is 0 Å². The van der Waals surface area contributed by atoms with Crippen LogP contribution < -0.4 is 4.90 Å². The molecule has 0 radical (unpaired) electrons. The highest BCUT2D eigenvalue weighted by molar-refractivity contribution is 9.08. The van der Waals surface area contributed by atoms with Gasteiger partial charge in [0.15, 0.2) is 0 Å². The average molecular weight is 330 g/mol. The molecule has 4 heteroatoms. The third-order valence-corrected chi connectivity index (χ3v) is 4.82. The van der Waals surface area contributed by atoms with Gasteiger partial charge in [0.1, 0.15) is 0 Å². The Labute approximate surface area is 122 Å². The van der Waals surface area contributed by atoms with Crippen molar-refractivity contribution < 1.29 is 0 Å². The molecular weight excluding hydrogens is 312 g/mol. The van der Waals surface area contributed by atoms with Crippen LogP contribution >= 0.6 is 27.5 Å². The molecule has 1 aromatic rings. The lowest BCUT2D eigenvalue weighted by Gasteiger charge is -2.37. The summed E-state index contributed by atoms with van der Waals surface area (Å²) in [5.41, 5.74) is 2.52. The predicted octanol–water partition coefficient (Wildman–Crippen LogP) is 3.52. The van der Waals surface area contributed by atoms with Gasteiger partial charge < -0.3 is 4.90 Å². The highest BCUT2D eigenvalue weighted by Gasteiger charge is 2.31. The maximum Gasteiger partial charge on any atom is 0.0642 e. The molecule has 0 amide bonds. The van der Waals surface area contributed by atoms with E-state index in [9.17, 15) is 0 Å². The zero-order valence-electron chi connectivity index (χ0n) is 10.4. The molecule has 1 aromatic carbocycles. The number of para-hydroxylation sites is 1. The number of halogens is 2. The topological polar surface area (TPSA) is 6.48 Å². The van der Waals surface area contributed by atoms with Crippen molar-refractivity contribution in [2.75, 3.05) is 31.1 Å². The molecule has 1 aliphatic heterocycles. The van der Waals surface area contributed by atoms with Crippen molar-refractivity contribution in [2.24, 2.45) is 0 Å². The lowest BCUT2D eigenvalue weighted by molar-refractivity contribution is 0.248. The zero-order valence-corrected chi connectivity index (χ0v) is 12.8. The first-order valence-electron chi connectivity index (χ1n) is 6.62. The van der Waals surface area contributed by atoms with E-state index in [2.05, 4.69) is 31.8 Å². The number of alkyl halides is 1. The van der Waals surface area contributed by atoms with E-state index in [1.54, 1.807) is 0 Å². The molecule has 2 fully saturated rings. The van der Waals surface area contributed by atoms with Crippen LogP contribution in [0.2, 0.25) is 5.02 Å². The Morgan fingerprint density at radius 1 is 1.17 bits per heavy atom. The normalized spacial score (nSPS) is 21.3. The smallest absolute Gasteiger partial charge is 0.0642 e. The van der Waals surface area contributed by atoms with Gasteiger partial charge in [-0.05, 0) is 24.5 Å². The molecule has 1 saturated heterocycles. The van der Waals surface area contributed by atoms with Gasteiger partial charge in [0.05, 0.1) is 10.7 Å². The number of nitrogens with zero attached hydrogens (tertiary/aromatic N) is 2. The third-order valence-electron chi connectivity index (χ3n) is 3.91. The van der Waals surface area contributed by atoms with Gasteiger partial charge in [0.25, 0.3) is 0 Å². The van der Waals surface area contributed by atoms with Crippen molar-refractivity contribution in [2.45, 2.75) is 24.2 Å². The van der Waals surface area contributed by atoms with E-state index in [4.69, 9.17) is 11.6 Å². The van der Waals surface area contributed by atoms with Crippen LogP contribution in [0.25, 0.3) is 0 Å². The Hall–Kier alpha value is -0.250. The molecule has 3 rings (SSSR count). The summed E-state index contributed by atoms with van der Waals surface area (Å²) in [4.78, 5) is 5.07. The Kier molecular flexibility index (Phi) is 3.83. The molecule has 1 aliphatic carbocycles. The molecule has 1 heterocycles. The lowest BCUT2D eigenvalue weighted by atomic mass is 10.1. The van der Waals surface area contributed by atoms with Crippen molar-refractivity contribution in [1.29, 1.82) is 0 Å². The fourth-order valence-corrected chi connectivity index (χ4v) is 3.54. The first-order chi connectivity index (χ1) is 8.79. The molecule has 98 valence electrons. The molecule has 0 N–H and O–H groups in total. The van der Waals surface area contributed by atoms with Crippen LogP contribution in [0.3, 0.4) is 0 Å². The molecule has 0 atom stereocenters. The van der Waals surface area contributed by atoms with Crippen LogP contribution in [0.1, 0.15) is 18.4 Å². The predicted molar refractivity (Wildman–Crippen MR) is 80.9 cm³/mol. The van der Waals surface area contributed by atoms with E-state index in [-0.39, 0.29) is 0 Å². The van der Waals surface area contributed by atoms with Crippen LogP contribution in [-0.2, 0) is 5.33 Å². The minimum Gasteiger partial charge on any atom is -0.368 e. The zero-order chi connectivity index (χ0) is 12.5. The van der Waals surface area contributed by atoms with E-state index in [0.29, 0.717) is 0 Å². The minimum absolute atomic E-state index is 0.867. The molecule has 1 saturated carbocycles. The second-order valence-electron chi connectivity index (χ2n) is 5.14. The largest absolute Gasteiger partial charge is 0.368 e. The molecule has 0 spiro atoms. The Balaban J connectivity index is 1.75. The molecule has 2 aliphatic rings. The van der Waals surface area contributed by atoms with Crippen molar-refractivity contribution in [3.8, 4) is 0 Å². The molecule has 0 bridgehead atoms. The first-order valence-corrected chi connectivity index (χ1v) is 8.12. The van der Waals surface area contributed by atoms with E-state index >= 15 is 0 Å². The van der Waals surface area contributed by atoms with Gasteiger partial charge in [-0.3, -0.25) is 4.90 Å². The van der Waals surface area contributed by atoms with Gasteiger partial charge in [-0.2, -0.15) is 0 Å². The van der Waals surface area contributed by atoms with Gasteiger partial charge in [-0.25, -0.2) is 0 Å². The highest BCUT2D eigenvalue weighted by Crippen LogP contribution is 2.33. The number of hydrogen-bond donors (Lipinski definition) is 0. The number of benzene rings is 1. The summed E-state index contributed by atoms with van der Waals surface area (Å²) in [6, 6.07) is 7.07. The monoisotopic (exact) mass is 328 g/mol. The maximum absolute atomic E-state index is 6.38. The molecule has 0 unspecified atom stereocenters. The Morgan fingerprint density at radius 3 is 2.50 bits per heavy atom. The SMILES string of the molecule is Clc1cccc(CBr)c1N1CCN(C2CC2)CC1. The van der Waals surface area contributed by atoms with Gasteiger partial charge in [-0.1, -0.05) is 39.7 Å². The van der Waals surface area contributed by atoms with Gasteiger partial charge in [0.2, 0.25) is 0 Å². The number of anilines is 1. The Bertz CT molecular complexity index is 426. The lowest BCUT2D eigenvalue weighted by Crippen LogP contribution is -2.47. The average Bonchev–Trinajstić information content (AvgIpc) is 3.23. The van der Waals surface area contributed by atoms with Crippen LogP contribution in [0.15, 0.2) is 18.2 Å². The number of piperazine rings is 1. The van der Waals surface area contributed by atoms with Crippen molar-refractivity contribution >= 4 is 33.2 Å². The number of rotatable bonds is 3. The molecule has 0 aromatic heterocycles. The summed E-state index contributed by atoms with van der Waals surface area (Å²) in [6.07, 6.45) is 2.80. The van der Waals surface area contributed by atoms with Crippen LogP contribution in [0.5, 0.6) is 0 Å². The summed E-state index contributed by atoms with van der Waals surface area (Å²) < 4.78 is 0. The van der Waals surface area contributed by atoms with E-state index in [0.717, 1.165) is 29.5 Å². The second kappa shape index (κ2) is 5.40. The summed E-state index contributed by atoms with van der Waals surface area (Å²) in [6.45, 7) is 4.55. The highest BCUT2D eigenvalue weighted by atomic mass is 79.9. The van der Waals surface area contributed by atoms with Gasteiger partial charge in [-0.15, -0.1) is 0 Å².